The SMILES string of the molecule is CC(C)(C)CC(Cc1ccccn1)NN. The standard InChI is InChI=1S/C12H21N3/c1-12(2,3)9-11(15-13)8-10-6-4-5-7-14-10/h4-7,11,15H,8-9,13H2,1-3H3. The van der Waals surface area contributed by atoms with E-state index in [2.05, 4.69) is 31.2 Å². The Labute approximate surface area is 92.1 Å². The van der Waals surface area contributed by atoms with Crippen molar-refractivity contribution in [3.8, 4) is 0 Å². The van der Waals surface area contributed by atoms with Crippen LogP contribution in [0.3, 0.4) is 0 Å². The molecule has 3 N–H and O–H groups in total. The Kier molecular flexibility index (Phi) is 4.24. The Hall–Kier alpha value is -0.930. The number of nitrogens with zero attached hydrogens (tertiary/aromatic N) is 1. The van der Waals surface area contributed by atoms with Crippen LogP contribution < -0.4 is 11.3 Å². The number of pyridine rings is 1. The van der Waals surface area contributed by atoms with E-state index < -0.39 is 0 Å². The normalized spacial score (nSPS) is 13.9. The van der Waals surface area contributed by atoms with Gasteiger partial charge in [0.1, 0.15) is 0 Å². The molecule has 15 heavy (non-hydrogen) atoms. The molecule has 1 unspecified atom stereocenters. The van der Waals surface area contributed by atoms with E-state index in [1.54, 1.807) is 0 Å². The van der Waals surface area contributed by atoms with Gasteiger partial charge < -0.3 is 0 Å². The summed E-state index contributed by atoms with van der Waals surface area (Å²) in [6.45, 7) is 6.65. The lowest BCUT2D eigenvalue weighted by Gasteiger charge is -2.25. The third-order valence-electron chi connectivity index (χ3n) is 2.28. The zero-order chi connectivity index (χ0) is 11.3. The maximum absolute atomic E-state index is 5.55. The number of hydrogen-bond acceptors (Lipinski definition) is 3. The van der Waals surface area contributed by atoms with E-state index in [0.717, 1.165) is 18.5 Å². The summed E-state index contributed by atoms with van der Waals surface area (Å²) in [6, 6.07) is 6.26. The molecule has 3 heteroatoms. The molecule has 1 aromatic rings. The molecule has 84 valence electrons. The van der Waals surface area contributed by atoms with Crippen molar-refractivity contribution in [3.05, 3.63) is 30.1 Å². The molecule has 0 saturated heterocycles. The second-order valence-corrected chi connectivity index (χ2v) is 5.15. The summed E-state index contributed by atoms with van der Waals surface area (Å²) in [7, 11) is 0. The minimum Gasteiger partial charge on any atom is -0.271 e. The van der Waals surface area contributed by atoms with Crippen molar-refractivity contribution in [1.29, 1.82) is 0 Å². The molecular weight excluding hydrogens is 186 g/mol. The lowest BCUT2D eigenvalue weighted by atomic mass is 9.87. The average Bonchev–Trinajstić information content (AvgIpc) is 2.16. The minimum atomic E-state index is 0.284. The van der Waals surface area contributed by atoms with Crippen molar-refractivity contribution >= 4 is 0 Å². The first-order chi connectivity index (χ1) is 7.01. The van der Waals surface area contributed by atoms with Crippen molar-refractivity contribution in [2.24, 2.45) is 11.3 Å². The summed E-state index contributed by atoms with van der Waals surface area (Å²) >= 11 is 0. The summed E-state index contributed by atoms with van der Waals surface area (Å²) in [5, 5.41) is 0. The van der Waals surface area contributed by atoms with Crippen molar-refractivity contribution in [2.45, 2.75) is 39.7 Å². The van der Waals surface area contributed by atoms with E-state index in [-0.39, 0.29) is 5.41 Å². The Morgan fingerprint density at radius 2 is 2.13 bits per heavy atom. The molecular formula is C12H21N3. The average molecular weight is 207 g/mol. The lowest BCUT2D eigenvalue weighted by Crippen LogP contribution is -2.39. The zero-order valence-electron chi connectivity index (χ0n) is 9.83. The summed E-state index contributed by atoms with van der Waals surface area (Å²) in [5.41, 5.74) is 4.24. The van der Waals surface area contributed by atoms with Crippen LogP contribution in [0.2, 0.25) is 0 Å². The third kappa shape index (κ3) is 4.91. The predicted octanol–water partition coefficient (Wildman–Crippen LogP) is 1.89. The molecule has 0 radical (unpaired) electrons. The Morgan fingerprint density at radius 1 is 1.40 bits per heavy atom. The van der Waals surface area contributed by atoms with E-state index in [9.17, 15) is 0 Å². The second-order valence-electron chi connectivity index (χ2n) is 5.15. The summed E-state index contributed by atoms with van der Waals surface area (Å²) in [4.78, 5) is 4.30. The van der Waals surface area contributed by atoms with Crippen molar-refractivity contribution in [1.82, 2.24) is 10.4 Å². The third-order valence-corrected chi connectivity index (χ3v) is 2.28. The first-order valence-corrected chi connectivity index (χ1v) is 5.37. The molecule has 0 bridgehead atoms. The van der Waals surface area contributed by atoms with E-state index in [1.165, 1.54) is 0 Å². The van der Waals surface area contributed by atoms with Crippen LogP contribution >= 0.6 is 0 Å². The van der Waals surface area contributed by atoms with E-state index in [1.807, 2.05) is 24.4 Å². The van der Waals surface area contributed by atoms with Gasteiger partial charge >= 0.3 is 0 Å². The minimum absolute atomic E-state index is 0.284. The molecule has 1 atom stereocenters. The van der Waals surface area contributed by atoms with Gasteiger partial charge in [0, 0.05) is 24.4 Å². The van der Waals surface area contributed by atoms with E-state index in [0.29, 0.717) is 6.04 Å². The van der Waals surface area contributed by atoms with Crippen LogP contribution in [0.4, 0.5) is 0 Å². The molecule has 0 aliphatic heterocycles. The predicted molar refractivity (Wildman–Crippen MR) is 63.1 cm³/mol. The van der Waals surface area contributed by atoms with Gasteiger partial charge in [0.2, 0.25) is 0 Å². The largest absolute Gasteiger partial charge is 0.271 e. The molecule has 1 aromatic heterocycles. The number of hydrazine groups is 1. The molecule has 0 amide bonds. The van der Waals surface area contributed by atoms with Crippen LogP contribution in [-0.2, 0) is 6.42 Å². The molecule has 0 fully saturated rings. The zero-order valence-corrected chi connectivity index (χ0v) is 9.83. The number of rotatable bonds is 4. The van der Waals surface area contributed by atoms with Crippen LogP contribution in [0.5, 0.6) is 0 Å². The highest BCUT2D eigenvalue weighted by atomic mass is 15.2. The summed E-state index contributed by atoms with van der Waals surface area (Å²) < 4.78 is 0. The van der Waals surface area contributed by atoms with Crippen LogP contribution in [0.1, 0.15) is 32.9 Å². The highest BCUT2D eigenvalue weighted by molar-refractivity contribution is 5.05. The smallest absolute Gasteiger partial charge is 0.0419 e. The van der Waals surface area contributed by atoms with Crippen LogP contribution in [0.15, 0.2) is 24.4 Å². The molecule has 3 nitrogen and oxygen atoms in total. The fourth-order valence-electron chi connectivity index (χ4n) is 1.70. The lowest BCUT2D eigenvalue weighted by molar-refractivity contribution is 0.307. The van der Waals surface area contributed by atoms with E-state index in [4.69, 9.17) is 5.84 Å². The molecule has 1 rings (SSSR count). The van der Waals surface area contributed by atoms with Crippen LogP contribution in [0.25, 0.3) is 0 Å². The van der Waals surface area contributed by atoms with Gasteiger partial charge in [-0.15, -0.1) is 0 Å². The first kappa shape index (κ1) is 12.1. The molecule has 0 saturated carbocycles. The summed E-state index contributed by atoms with van der Waals surface area (Å²) in [5.74, 6) is 5.55. The highest BCUT2D eigenvalue weighted by Crippen LogP contribution is 2.21. The summed E-state index contributed by atoms with van der Waals surface area (Å²) in [6.07, 6.45) is 3.74. The van der Waals surface area contributed by atoms with Gasteiger partial charge in [-0.3, -0.25) is 16.3 Å². The topological polar surface area (TPSA) is 50.9 Å². The molecule has 0 spiro atoms. The Bertz CT molecular complexity index is 277. The molecule has 1 heterocycles. The fraction of sp³-hybridized carbons (Fsp3) is 0.583. The van der Waals surface area contributed by atoms with Gasteiger partial charge in [0.05, 0.1) is 0 Å². The fourth-order valence-corrected chi connectivity index (χ4v) is 1.70. The second kappa shape index (κ2) is 5.24. The molecule has 0 aliphatic carbocycles. The van der Waals surface area contributed by atoms with Gasteiger partial charge in [-0.1, -0.05) is 26.8 Å². The van der Waals surface area contributed by atoms with E-state index >= 15 is 0 Å². The van der Waals surface area contributed by atoms with Crippen LogP contribution in [-0.4, -0.2) is 11.0 Å². The van der Waals surface area contributed by atoms with Crippen molar-refractivity contribution in [2.75, 3.05) is 0 Å². The van der Waals surface area contributed by atoms with Gasteiger partial charge in [-0.05, 0) is 24.0 Å². The van der Waals surface area contributed by atoms with Gasteiger partial charge in [-0.25, -0.2) is 0 Å². The van der Waals surface area contributed by atoms with Crippen molar-refractivity contribution < 1.29 is 0 Å². The van der Waals surface area contributed by atoms with Crippen molar-refractivity contribution in [3.63, 3.8) is 0 Å². The Morgan fingerprint density at radius 3 is 2.60 bits per heavy atom. The van der Waals surface area contributed by atoms with Crippen LogP contribution in [0, 0.1) is 5.41 Å². The highest BCUT2D eigenvalue weighted by Gasteiger charge is 2.18. The van der Waals surface area contributed by atoms with Gasteiger partial charge in [0.15, 0.2) is 0 Å². The number of hydrogen-bond donors (Lipinski definition) is 2. The number of aromatic nitrogens is 1. The van der Waals surface area contributed by atoms with Gasteiger partial charge in [-0.2, -0.15) is 0 Å². The van der Waals surface area contributed by atoms with Gasteiger partial charge in [0.25, 0.3) is 0 Å². The number of nitrogens with two attached hydrogens (primary N) is 1. The number of nitrogens with one attached hydrogen (secondary N) is 1. The first-order valence-electron chi connectivity index (χ1n) is 5.37. The quantitative estimate of drug-likeness (QED) is 0.585. The molecule has 0 aliphatic rings. The molecule has 0 aromatic carbocycles. The maximum Gasteiger partial charge on any atom is 0.0419 e. The Balaban J connectivity index is 2.55. The monoisotopic (exact) mass is 207 g/mol. The maximum atomic E-state index is 5.55.